The Hall–Kier alpha value is -3.02. The molecule has 0 spiro atoms. The number of rotatable bonds is 8. The van der Waals surface area contributed by atoms with Crippen LogP contribution < -0.4 is 4.74 Å². The van der Waals surface area contributed by atoms with Crippen molar-refractivity contribution in [2.24, 2.45) is 4.99 Å². The van der Waals surface area contributed by atoms with Crippen LogP contribution in [0.2, 0.25) is 0 Å². The third-order valence-corrected chi connectivity index (χ3v) is 4.30. The van der Waals surface area contributed by atoms with Crippen molar-refractivity contribution in [3.05, 3.63) is 70.8 Å². The molecular weight excluding hydrogens is 347 g/mol. The molecule has 5 nitrogen and oxygen atoms in total. The number of nitrogens with zero attached hydrogens (tertiary/aromatic N) is 2. The standard InChI is InChI=1S/C21H21FN2O3/c1-14-11-16(21(25)26)12-18(24-14)3-2-4-20-15(9-10-23-20)13-27-19-7-5-17(22)6-8-19/h5-9,11-12H,2-4,10,13H2,1H3,(H,25,26). The molecule has 0 saturated carbocycles. The number of aromatic nitrogens is 1. The van der Waals surface area contributed by atoms with Crippen LogP contribution in [0.25, 0.3) is 0 Å². The number of aromatic carboxylic acids is 1. The summed E-state index contributed by atoms with van der Waals surface area (Å²) in [5, 5.41) is 9.15. The molecule has 6 heteroatoms. The van der Waals surface area contributed by atoms with Gasteiger partial charge in [-0.2, -0.15) is 0 Å². The van der Waals surface area contributed by atoms with Gasteiger partial charge in [0.05, 0.1) is 12.1 Å². The second-order valence-electron chi connectivity index (χ2n) is 6.41. The van der Waals surface area contributed by atoms with Gasteiger partial charge in [0.2, 0.25) is 0 Å². The van der Waals surface area contributed by atoms with E-state index in [-0.39, 0.29) is 11.4 Å². The number of pyridine rings is 1. The molecule has 1 N–H and O–H groups in total. The molecule has 140 valence electrons. The molecule has 3 rings (SSSR count). The van der Waals surface area contributed by atoms with Crippen molar-refractivity contribution in [2.75, 3.05) is 13.2 Å². The molecule has 0 radical (unpaired) electrons. The van der Waals surface area contributed by atoms with Gasteiger partial charge in [0.1, 0.15) is 18.2 Å². The second kappa shape index (κ2) is 8.58. The molecule has 0 saturated heterocycles. The third-order valence-electron chi connectivity index (χ3n) is 4.30. The van der Waals surface area contributed by atoms with Crippen LogP contribution in [0.15, 0.2) is 53.0 Å². The van der Waals surface area contributed by atoms with Crippen LogP contribution in [0.3, 0.4) is 0 Å². The molecule has 2 aromatic rings. The van der Waals surface area contributed by atoms with Gasteiger partial charge in [-0.1, -0.05) is 6.08 Å². The molecule has 0 unspecified atom stereocenters. The molecule has 0 bridgehead atoms. The van der Waals surface area contributed by atoms with Crippen LogP contribution in [0.4, 0.5) is 4.39 Å². The van der Waals surface area contributed by atoms with E-state index in [2.05, 4.69) is 9.98 Å². The number of halogens is 1. The van der Waals surface area contributed by atoms with Crippen LogP contribution in [0, 0.1) is 12.7 Å². The van der Waals surface area contributed by atoms with Crippen molar-refractivity contribution in [2.45, 2.75) is 26.2 Å². The molecule has 1 aliphatic rings. The Morgan fingerprint density at radius 2 is 2.00 bits per heavy atom. The van der Waals surface area contributed by atoms with Crippen LogP contribution in [-0.2, 0) is 6.42 Å². The molecular formula is C21H21FN2O3. The summed E-state index contributed by atoms with van der Waals surface area (Å²) in [4.78, 5) is 20.1. The number of carboxylic acids is 1. The van der Waals surface area contributed by atoms with E-state index >= 15 is 0 Å². The Morgan fingerprint density at radius 3 is 2.74 bits per heavy atom. The summed E-state index contributed by atoms with van der Waals surface area (Å²) in [6, 6.07) is 9.14. The summed E-state index contributed by atoms with van der Waals surface area (Å²) in [6.45, 7) is 2.84. The summed E-state index contributed by atoms with van der Waals surface area (Å²) in [7, 11) is 0. The van der Waals surface area contributed by atoms with E-state index in [4.69, 9.17) is 9.84 Å². The lowest BCUT2D eigenvalue weighted by Crippen LogP contribution is -2.10. The highest BCUT2D eigenvalue weighted by Gasteiger charge is 2.13. The largest absolute Gasteiger partial charge is 0.489 e. The molecule has 1 aliphatic heterocycles. The van der Waals surface area contributed by atoms with Gasteiger partial charge >= 0.3 is 5.97 Å². The lowest BCUT2D eigenvalue weighted by atomic mass is 10.0. The smallest absolute Gasteiger partial charge is 0.335 e. The summed E-state index contributed by atoms with van der Waals surface area (Å²) < 4.78 is 18.6. The highest BCUT2D eigenvalue weighted by molar-refractivity contribution is 6.02. The minimum absolute atomic E-state index is 0.268. The van der Waals surface area contributed by atoms with Gasteiger partial charge < -0.3 is 9.84 Å². The van der Waals surface area contributed by atoms with Gasteiger partial charge in [0.15, 0.2) is 0 Å². The molecule has 0 atom stereocenters. The van der Waals surface area contributed by atoms with Crippen molar-refractivity contribution in [1.82, 2.24) is 4.98 Å². The van der Waals surface area contributed by atoms with E-state index in [0.29, 0.717) is 31.0 Å². The van der Waals surface area contributed by atoms with Crippen LogP contribution in [0.5, 0.6) is 5.75 Å². The topological polar surface area (TPSA) is 71.8 Å². The first-order valence-electron chi connectivity index (χ1n) is 8.83. The lowest BCUT2D eigenvalue weighted by Gasteiger charge is -2.10. The van der Waals surface area contributed by atoms with E-state index < -0.39 is 5.97 Å². The van der Waals surface area contributed by atoms with Gasteiger partial charge in [0.25, 0.3) is 0 Å². The normalized spacial score (nSPS) is 13.3. The maximum absolute atomic E-state index is 12.9. The highest BCUT2D eigenvalue weighted by atomic mass is 19.1. The predicted octanol–water partition coefficient (Wildman–Crippen LogP) is 4.01. The van der Waals surface area contributed by atoms with Crippen molar-refractivity contribution in [1.29, 1.82) is 0 Å². The first kappa shape index (κ1) is 18.8. The molecule has 2 heterocycles. The molecule has 1 aromatic carbocycles. The Balaban J connectivity index is 1.51. The molecule has 27 heavy (non-hydrogen) atoms. The summed E-state index contributed by atoms with van der Waals surface area (Å²) in [5.41, 5.74) is 3.80. The highest BCUT2D eigenvalue weighted by Crippen LogP contribution is 2.17. The maximum Gasteiger partial charge on any atom is 0.335 e. The number of carbonyl (C=O) groups is 1. The third kappa shape index (κ3) is 5.23. The number of ether oxygens (including phenoxy) is 1. The Bertz CT molecular complexity index is 889. The van der Waals surface area contributed by atoms with E-state index in [1.54, 1.807) is 31.2 Å². The quantitative estimate of drug-likeness (QED) is 0.764. The van der Waals surface area contributed by atoms with Crippen LogP contribution in [-0.4, -0.2) is 34.9 Å². The van der Waals surface area contributed by atoms with E-state index in [1.807, 2.05) is 6.08 Å². The number of hydrogen-bond acceptors (Lipinski definition) is 4. The van der Waals surface area contributed by atoms with E-state index in [1.165, 1.54) is 12.1 Å². The summed E-state index contributed by atoms with van der Waals surface area (Å²) >= 11 is 0. The van der Waals surface area contributed by atoms with Crippen molar-refractivity contribution >= 4 is 11.7 Å². The Labute approximate surface area is 157 Å². The van der Waals surface area contributed by atoms with Gasteiger partial charge in [-0.15, -0.1) is 0 Å². The number of aliphatic imine (C=N–C) groups is 1. The van der Waals surface area contributed by atoms with Crippen molar-refractivity contribution < 1.29 is 19.0 Å². The summed E-state index contributed by atoms with van der Waals surface area (Å²) in [5.74, 6) is -0.612. The maximum atomic E-state index is 12.9. The van der Waals surface area contributed by atoms with Crippen LogP contribution in [0.1, 0.15) is 34.6 Å². The average molecular weight is 368 g/mol. The fraction of sp³-hybridized carbons (Fsp3) is 0.286. The SMILES string of the molecule is Cc1cc(C(=O)O)cc(CCCC2=NCC=C2COc2ccc(F)cc2)n1. The van der Waals surface area contributed by atoms with E-state index in [0.717, 1.165) is 29.8 Å². The van der Waals surface area contributed by atoms with Gasteiger partial charge in [0, 0.05) is 22.7 Å². The first-order chi connectivity index (χ1) is 13.0. The number of benzene rings is 1. The van der Waals surface area contributed by atoms with Crippen molar-refractivity contribution in [3.63, 3.8) is 0 Å². The number of hydrogen-bond donors (Lipinski definition) is 1. The Kier molecular flexibility index (Phi) is 5.96. The number of aryl methyl sites for hydroxylation is 2. The minimum Gasteiger partial charge on any atom is -0.489 e. The van der Waals surface area contributed by atoms with Gasteiger partial charge in [-0.05, 0) is 62.6 Å². The van der Waals surface area contributed by atoms with Crippen LogP contribution >= 0.6 is 0 Å². The molecule has 1 aromatic heterocycles. The molecule has 0 amide bonds. The Morgan fingerprint density at radius 1 is 1.22 bits per heavy atom. The first-order valence-corrected chi connectivity index (χ1v) is 8.83. The zero-order valence-corrected chi connectivity index (χ0v) is 15.1. The van der Waals surface area contributed by atoms with E-state index in [9.17, 15) is 9.18 Å². The van der Waals surface area contributed by atoms with Gasteiger partial charge in [-0.25, -0.2) is 9.18 Å². The predicted molar refractivity (Wildman–Crippen MR) is 101 cm³/mol. The van der Waals surface area contributed by atoms with Gasteiger partial charge in [-0.3, -0.25) is 9.98 Å². The second-order valence-corrected chi connectivity index (χ2v) is 6.41. The van der Waals surface area contributed by atoms with Crippen molar-refractivity contribution in [3.8, 4) is 5.75 Å². The zero-order chi connectivity index (χ0) is 19.2. The lowest BCUT2D eigenvalue weighted by molar-refractivity contribution is 0.0696. The monoisotopic (exact) mass is 368 g/mol. The minimum atomic E-state index is -0.940. The average Bonchev–Trinajstić information content (AvgIpc) is 3.08. The molecule has 0 fully saturated rings. The fourth-order valence-electron chi connectivity index (χ4n) is 2.98. The fourth-order valence-corrected chi connectivity index (χ4v) is 2.98. The summed E-state index contributed by atoms with van der Waals surface area (Å²) in [6.07, 6.45) is 4.32. The molecule has 0 aliphatic carbocycles. The zero-order valence-electron chi connectivity index (χ0n) is 15.1. The number of carboxylic acid groups (broad SMARTS) is 1.